The van der Waals surface area contributed by atoms with Gasteiger partial charge in [-0.2, -0.15) is 0 Å². The highest BCUT2D eigenvalue weighted by molar-refractivity contribution is 9.10. The van der Waals surface area contributed by atoms with Crippen LogP contribution in [-0.2, 0) is 11.2 Å². The molecule has 0 bridgehead atoms. The molecular weight excluding hydrogens is 258 g/mol. The lowest BCUT2D eigenvalue weighted by Gasteiger charge is -2.01. The first kappa shape index (κ1) is 10.7. The minimum atomic E-state index is 0.161. The van der Waals surface area contributed by atoms with E-state index >= 15 is 0 Å². The molecule has 2 rings (SSSR count). The monoisotopic (exact) mass is 269 g/mol. The minimum Gasteiger partial charge on any atom is -0.307 e. The number of hydrogen-bond donors (Lipinski definition) is 1. The van der Waals surface area contributed by atoms with Crippen LogP contribution in [0.15, 0.2) is 17.0 Å². The van der Waals surface area contributed by atoms with Crippen LogP contribution in [-0.4, -0.2) is 28.3 Å². The van der Waals surface area contributed by atoms with Crippen molar-refractivity contribution in [2.75, 3.05) is 6.54 Å². The molecule has 0 spiro atoms. The Balaban J connectivity index is 1.81. The summed E-state index contributed by atoms with van der Waals surface area (Å²) in [6, 6.07) is 0.572. The van der Waals surface area contributed by atoms with Crippen LogP contribution in [0.2, 0.25) is 0 Å². The summed E-state index contributed by atoms with van der Waals surface area (Å²) in [4.78, 5) is 19.6. The molecule has 15 heavy (non-hydrogen) atoms. The number of Topliss-reactive ketones (excluding diaryl/α,β-unsaturated/α-hetero) is 1. The number of ketones is 1. The van der Waals surface area contributed by atoms with Crippen LogP contribution in [0.5, 0.6) is 0 Å². The quantitative estimate of drug-likeness (QED) is 0.870. The second-order valence-corrected chi connectivity index (χ2v) is 4.52. The number of halogens is 1. The highest BCUT2D eigenvalue weighted by Gasteiger charge is 2.21. The summed E-state index contributed by atoms with van der Waals surface area (Å²) in [5.74, 6) is 0.161. The molecule has 1 N–H and O–H groups in total. The maximum atomic E-state index is 11.5. The molecule has 4 nitrogen and oxygen atoms in total. The first-order chi connectivity index (χ1) is 7.24. The smallest absolute Gasteiger partial charge is 0.152 e. The molecule has 1 aliphatic carbocycles. The van der Waals surface area contributed by atoms with E-state index in [9.17, 15) is 4.79 Å². The Hall–Kier alpha value is -0.810. The maximum absolute atomic E-state index is 11.5. The van der Waals surface area contributed by atoms with Gasteiger partial charge in [0.15, 0.2) is 5.78 Å². The summed E-state index contributed by atoms with van der Waals surface area (Å²) >= 11 is 3.22. The molecular formula is C10H12BrN3O. The van der Waals surface area contributed by atoms with Gasteiger partial charge in [-0.3, -0.25) is 9.78 Å². The molecule has 0 atom stereocenters. The summed E-state index contributed by atoms with van der Waals surface area (Å²) in [5, 5.41) is 3.18. The topological polar surface area (TPSA) is 54.9 Å². The number of aromatic nitrogens is 2. The first-order valence-corrected chi connectivity index (χ1v) is 5.75. The second kappa shape index (κ2) is 4.81. The molecule has 1 aromatic heterocycles. The number of nitrogens with zero attached hydrogens (tertiary/aromatic N) is 2. The van der Waals surface area contributed by atoms with Crippen LogP contribution in [0.25, 0.3) is 0 Å². The molecule has 1 heterocycles. The Bertz CT molecular complexity index is 365. The predicted molar refractivity (Wildman–Crippen MR) is 59.5 cm³/mol. The molecule has 0 amide bonds. The molecule has 1 aromatic rings. The van der Waals surface area contributed by atoms with Crippen molar-refractivity contribution in [1.29, 1.82) is 0 Å². The van der Waals surface area contributed by atoms with Gasteiger partial charge in [-0.15, -0.1) is 0 Å². The van der Waals surface area contributed by atoms with Crippen molar-refractivity contribution in [1.82, 2.24) is 15.3 Å². The summed E-state index contributed by atoms with van der Waals surface area (Å²) in [6.45, 7) is 0.443. The molecule has 1 fully saturated rings. The summed E-state index contributed by atoms with van der Waals surface area (Å²) in [5.41, 5.74) is 0.715. The third-order valence-corrected chi connectivity index (χ3v) is 2.58. The number of hydrogen-bond acceptors (Lipinski definition) is 4. The van der Waals surface area contributed by atoms with Crippen LogP contribution >= 0.6 is 15.9 Å². The van der Waals surface area contributed by atoms with Gasteiger partial charge in [0.25, 0.3) is 0 Å². The van der Waals surface area contributed by atoms with Crippen molar-refractivity contribution in [3.05, 3.63) is 22.7 Å². The van der Waals surface area contributed by atoms with Crippen molar-refractivity contribution >= 4 is 21.7 Å². The van der Waals surface area contributed by atoms with E-state index in [1.54, 1.807) is 12.4 Å². The van der Waals surface area contributed by atoms with E-state index in [1.807, 2.05) is 0 Å². The molecule has 1 aliphatic rings. The van der Waals surface area contributed by atoms with Gasteiger partial charge in [-0.1, -0.05) is 0 Å². The second-order valence-electron chi connectivity index (χ2n) is 3.70. The lowest BCUT2D eigenvalue weighted by atomic mass is 10.2. The average molecular weight is 270 g/mol. The average Bonchev–Trinajstić information content (AvgIpc) is 2.98. The van der Waals surface area contributed by atoms with Crippen molar-refractivity contribution in [3.63, 3.8) is 0 Å². The lowest BCUT2D eigenvalue weighted by Crippen LogP contribution is -2.26. The Morgan fingerprint density at radius 1 is 1.53 bits per heavy atom. The third-order valence-electron chi connectivity index (χ3n) is 2.20. The Kier molecular flexibility index (Phi) is 3.43. The number of rotatable bonds is 5. The van der Waals surface area contributed by atoms with E-state index in [1.165, 1.54) is 12.8 Å². The Morgan fingerprint density at radius 3 is 3.00 bits per heavy atom. The van der Waals surface area contributed by atoms with Gasteiger partial charge in [-0.05, 0) is 28.8 Å². The van der Waals surface area contributed by atoms with E-state index in [0.717, 1.165) is 0 Å². The van der Waals surface area contributed by atoms with Gasteiger partial charge in [0.2, 0.25) is 0 Å². The fourth-order valence-electron chi connectivity index (χ4n) is 1.28. The Labute approximate surface area is 96.6 Å². The zero-order valence-electron chi connectivity index (χ0n) is 8.24. The lowest BCUT2D eigenvalue weighted by molar-refractivity contribution is -0.117. The first-order valence-electron chi connectivity index (χ1n) is 4.95. The normalized spacial score (nSPS) is 15.3. The van der Waals surface area contributed by atoms with E-state index in [2.05, 4.69) is 31.2 Å². The van der Waals surface area contributed by atoms with Gasteiger partial charge in [0, 0.05) is 12.2 Å². The summed E-state index contributed by atoms with van der Waals surface area (Å²) in [6.07, 6.45) is 5.98. The van der Waals surface area contributed by atoms with Gasteiger partial charge in [0.1, 0.15) is 4.60 Å². The number of nitrogens with one attached hydrogen (secondary N) is 1. The number of carbonyl (C=O) groups excluding carboxylic acids is 1. The third kappa shape index (κ3) is 3.68. The van der Waals surface area contributed by atoms with E-state index in [4.69, 9.17) is 0 Å². The SMILES string of the molecule is O=C(CNC1CC1)Cc1cncc(Br)n1. The van der Waals surface area contributed by atoms with Gasteiger partial charge >= 0.3 is 0 Å². The minimum absolute atomic E-state index is 0.161. The van der Waals surface area contributed by atoms with Crippen LogP contribution in [0.3, 0.4) is 0 Å². The van der Waals surface area contributed by atoms with Crippen molar-refractivity contribution < 1.29 is 4.79 Å². The van der Waals surface area contributed by atoms with Crippen LogP contribution < -0.4 is 5.32 Å². The summed E-state index contributed by atoms with van der Waals surface area (Å²) in [7, 11) is 0. The van der Waals surface area contributed by atoms with Crippen molar-refractivity contribution in [2.45, 2.75) is 25.3 Å². The number of carbonyl (C=O) groups is 1. The highest BCUT2D eigenvalue weighted by atomic mass is 79.9. The van der Waals surface area contributed by atoms with E-state index in [0.29, 0.717) is 29.3 Å². The van der Waals surface area contributed by atoms with Gasteiger partial charge in [-0.25, -0.2) is 4.98 Å². The standard InChI is InChI=1S/C10H12BrN3O/c11-10-6-12-4-8(14-10)3-9(15)5-13-7-1-2-7/h4,6-7,13H,1-3,5H2. The van der Waals surface area contributed by atoms with Crippen LogP contribution in [0.1, 0.15) is 18.5 Å². The summed E-state index contributed by atoms with van der Waals surface area (Å²) < 4.78 is 0.669. The zero-order valence-corrected chi connectivity index (χ0v) is 9.83. The molecule has 0 unspecified atom stereocenters. The largest absolute Gasteiger partial charge is 0.307 e. The van der Waals surface area contributed by atoms with Gasteiger partial charge < -0.3 is 5.32 Å². The molecule has 0 aromatic carbocycles. The van der Waals surface area contributed by atoms with E-state index < -0.39 is 0 Å². The van der Waals surface area contributed by atoms with E-state index in [-0.39, 0.29) is 5.78 Å². The fraction of sp³-hybridized carbons (Fsp3) is 0.500. The zero-order chi connectivity index (χ0) is 10.7. The Morgan fingerprint density at radius 2 is 2.33 bits per heavy atom. The maximum Gasteiger partial charge on any atom is 0.152 e. The molecule has 0 saturated heterocycles. The molecule has 5 heteroatoms. The molecule has 0 radical (unpaired) electrons. The predicted octanol–water partition coefficient (Wildman–Crippen LogP) is 1.10. The van der Waals surface area contributed by atoms with Crippen molar-refractivity contribution in [2.24, 2.45) is 0 Å². The highest BCUT2D eigenvalue weighted by Crippen LogP contribution is 2.18. The van der Waals surface area contributed by atoms with Gasteiger partial charge in [0.05, 0.1) is 24.9 Å². The van der Waals surface area contributed by atoms with Crippen molar-refractivity contribution in [3.8, 4) is 0 Å². The molecule has 0 aliphatic heterocycles. The van der Waals surface area contributed by atoms with Crippen LogP contribution in [0, 0.1) is 0 Å². The molecule has 1 saturated carbocycles. The fourth-order valence-corrected chi connectivity index (χ4v) is 1.62. The van der Waals surface area contributed by atoms with Crippen LogP contribution in [0.4, 0.5) is 0 Å². The molecule has 80 valence electrons.